The summed E-state index contributed by atoms with van der Waals surface area (Å²) in [7, 11) is 5.31. The van der Waals surface area contributed by atoms with Gasteiger partial charge in [-0.05, 0) is 36.2 Å². The van der Waals surface area contributed by atoms with Crippen LogP contribution in [0.3, 0.4) is 0 Å². The van der Waals surface area contributed by atoms with Crippen LogP contribution >= 0.6 is 0 Å². The van der Waals surface area contributed by atoms with Crippen LogP contribution in [0, 0.1) is 0 Å². The van der Waals surface area contributed by atoms with Crippen LogP contribution in [0.1, 0.15) is 27.8 Å². The van der Waals surface area contributed by atoms with E-state index in [1.807, 2.05) is 42.3 Å². The molecule has 27 heavy (non-hydrogen) atoms. The van der Waals surface area contributed by atoms with E-state index >= 15 is 0 Å². The highest BCUT2D eigenvalue weighted by Crippen LogP contribution is 2.45. The van der Waals surface area contributed by atoms with Crippen molar-refractivity contribution in [2.45, 2.75) is 12.6 Å². The molecule has 3 heterocycles. The molecule has 0 saturated carbocycles. The smallest absolute Gasteiger partial charge is 0.261 e. The summed E-state index contributed by atoms with van der Waals surface area (Å²) < 4.78 is 10.8. The van der Waals surface area contributed by atoms with Crippen molar-refractivity contribution < 1.29 is 14.3 Å². The summed E-state index contributed by atoms with van der Waals surface area (Å²) in [5.74, 6) is 1.46. The summed E-state index contributed by atoms with van der Waals surface area (Å²) >= 11 is 0. The van der Waals surface area contributed by atoms with Gasteiger partial charge in [-0.3, -0.25) is 4.79 Å². The summed E-state index contributed by atoms with van der Waals surface area (Å²) in [6.45, 7) is 0.678. The van der Waals surface area contributed by atoms with Crippen LogP contribution in [0.15, 0.2) is 36.4 Å². The first-order valence-corrected chi connectivity index (χ1v) is 9.03. The molecule has 0 unspecified atom stereocenters. The first-order valence-electron chi connectivity index (χ1n) is 9.03. The molecular weight excluding hydrogens is 342 g/mol. The molecule has 0 fully saturated rings. The third kappa shape index (κ3) is 2.10. The molecule has 1 atom stereocenters. The lowest BCUT2D eigenvalue weighted by Gasteiger charge is -2.46. The Balaban J connectivity index is 1.70. The quantitative estimate of drug-likeness (QED) is 0.759. The number of nitrogens with one attached hydrogen (secondary N) is 1. The van der Waals surface area contributed by atoms with E-state index in [-0.39, 0.29) is 12.1 Å². The zero-order valence-electron chi connectivity index (χ0n) is 15.6. The minimum atomic E-state index is -0.153. The normalized spacial score (nSPS) is 18.2. The van der Waals surface area contributed by atoms with E-state index in [9.17, 15) is 4.79 Å². The Kier molecular flexibility index (Phi) is 3.37. The lowest BCUT2D eigenvalue weighted by Crippen LogP contribution is -2.51. The SMILES string of the molecule is COc1ccc2c3c([nH]c2c1)[C@@H]1N(CC3)C(=O)c2c(OC)cccc2N1C. The van der Waals surface area contributed by atoms with Crippen molar-refractivity contribution in [3.63, 3.8) is 0 Å². The third-order valence-electron chi connectivity index (χ3n) is 5.75. The fourth-order valence-electron chi connectivity index (χ4n) is 4.47. The highest BCUT2D eigenvalue weighted by atomic mass is 16.5. The molecule has 0 spiro atoms. The van der Waals surface area contributed by atoms with Gasteiger partial charge < -0.3 is 24.3 Å². The predicted molar refractivity (Wildman–Crippen MR) is 104 cm³/mol. The zero-order chi connectivity index (χ0) is 18.7. The Bertz CT molecular complexity index is 1070. The number of fused-ring (bicyclic) bond motifs is 6. The largest absolute Gasteiger partial charge is 0.497 e. The standard InChI is InChI=1S/C21H21N3O3/c1-23-16-5-4-6-17(27-3)18(16)21(25)24-10-9-14-13-8-7-12(26-2)11-15(13)22-19(14)20(23)24/h4-8,11,20,22H,9-10H2,1-3H3/t20-/m0/s1. The Morgan fingerprint density at radius 2 is 2.00 bits per heavy atom. The van der Waals surface area contributed by atoms with Crippen LogP contribution in [-0.4, -0.2) is 43.6 Å². The van der Waals surface area contributed by atoms with Crippen LogP contribution in [0.5, 0.6) is 11.5 Å². The number of aromatic nitrogens is 1. The average Bonchev–Trinajstić information content (AvgIpc) is 3.08. The lowest BCUT2D eigenvalue weighted by atomic mass is 9.95. The summed E-state index contributed by atoms with van der Waals surface area (Å²) in [4.78, 5) is 20.9. The van der Waals surface area contributed by atoms with Crippen LogP contribution in [0.2, 0.25) is 0 Å². The van der Waals surface area contributed by atoms with Gasteiger partial charge in [0.1, 0.15) is 23.2 Å². The molecule has 3 aromatic rings. The highest BCUT2D eigenvalue weighted by molar-refractivity contribution is 6.05. The number of carbonyl (C=O) groups is 1. The molecule has 0 saturated heterocycles. The maximum atomic E-state index is 13.3. The molecule has 2 aliphatic heterocycles. The molecule has 6 heteroatoms. The van der Waals surface area contributed by atoms with E-state index in [2.05, 4.69) is 16.0 Å². The molecule has 2 aliphatic rings. The van der Waals surface area contributed by atoms with Gasteiger partial charge in [0.25, 0.3) is 5.91 Å². The maximum absolute atomic E-state index is 13.3. The molecular formula is C21H21N3O3. The summed E-state index contributed by atoms with van der Waals surface area (Å²) in [6.07, 6.45) is 0.668. The predicted octanol–water partition coefficient (Wildman–Crippen LogP) is 3.33. The first kappa shape index (κ1) is 16.1. The number of hydrogen-bond donors (Lipinski definition) is 1. The second-order valence-electron chi connectivity index (χ2n) is 7.02. The summed E-state index contributed by atoms with van der Waals surface area (Å²) in [5, 5.41) is 1.20. The molecule has 1 aromatic heterocycles. The van der Waals surface area contributed by atoms with E-state index in [1.54, 1.807) is 14.2 Å². The fourth-order valence-corrected chi connectivity index (χ4v) is 4.47. The topological polar surface area (TPSA) is 57.8 Å². The highest BCUT2D eigenvalue weighted by Gasteiger charge is 2.42. The number of hydrogen-bond acceptors (Lipinski definition) is 4. The van der Waals surface area contributed by atoms with Gasteiger partial charge in [-0.1, -0.05) is 6.07 Å². The minimum absolute atomic E-state index is 0.0208. The molecule has 2 aromatic carbocycles. The van der Waals surface area contributed by atoms with E-state index in [4.69, 9.17) is 9.47 Å². The van der Waals surface area contributed by atoms with Crippen molar-refractivity contribution in [3.05, 3.63) is 53.2 Å². The Morgan fingerprint density at radius 3 is 2.78 bits per heavy atom. The van der Waals surface area contributed by atoms with Gasteiger partial charge >= 0.3 is 0 Å². The van der Waals surface area contributed by atoms with Gasteiger partial charge in [-0.25, -0.2) is 0 Å². The van der Waals surface area contributed by atoms with E-state index in [1.165, 1.54) is 10.9 Å². The summed E-state index contributed by atoms with van der Waals surface area (Å²) in [5.41, 5.74) is 4.93. The minimum Gasteiger partial charge on any atom is -0.497 e. The number of ether oxygens (including phenoxy) is 2. The summed E-state index contributed by atoms with van der Waals surface area (Å²) in [6, 6.07) is 11.8. The Hall–Kier alpha value is -3.15. The number of anilines is 1. The van der Waals surface area contributed by atoms with Crippen LogP contribution in [0.25, 0.3) is 10.9 Å². The van der Waals surface area contributed by atoms with Gasteiger partial charge in [-0.15, -0.1) is 0 Å². The Labute approximate surface area is 157 Å². The van der Waals surface area contributed by atoms with Crippen LogP contribution in [0.4, 0.5) is 5.69 Å². The van der Waals surface area contributed by atoms with Gasteiger partial charge in [0.2, 0.25) is 0 Å². The van der Waals surface area contributed by atoms with Crippen molar-refractivity contribution in [1.82, 2.24) is 9.88 Å². The lowest BCUT2D eigenvalue weighted by molar-refractivity contribution is 0.0630. The maximum Gasteiger partial charge on any atom is 0.261 e. The molecule has 138 valence electrons. The molecule has 0 radical (unpaired) electrons. The molecule has 0 aliphatic carbocycles. The number of rotatable bonds is 2. The number of methoxy groups -OCH3 is 2. The zero-order valence-corrected chi connectivity index (χ0v) is 15.6. The number of benzene rings is 2. The number of nitrogens with zero attached hydrogens (tertiary/aromatic N) is 2. The number of aromatic amines is 1. The van der Waals surface area contributed by atoms with Gasteiger partial charge in [0.15, 0.2) is 0 Å². The fraction of sp³-hybridized carbons (Fsp3) is 0.286. The van der Waals surface area contributed by atoms with Crippen molar-refractivity contribution in [1.29, 1.82) is 0 Å². The number of H-pyrrole nitrogens is 1. The molecule has 1 N–H and O–H groups in total. The van der Waals surface area contributed by atoms with Gasteiger partial charge in [0, 0.05) is 30.6 Å². The molecule has 6 nitrogen and oxygen atoms in total. The second-order valence-corrected chi connectivity index (χ2v) is 7.02. The van der Waals surface area contributed by atoms with Gasteiger partial charge in [0.05, 0.1) is 25.6 Å². The van der Waals surface area contributed by atoms with E-state index in [0.29, 0.717) is 17.9 Å². The first-order chi connectivity index (χ1) is 13.1. The van der Waals surface area contributed by atoms with Crippen molar-refractivity contribution >= 4 is 22.5 Å². The Morgan fingerprint density at radius 1 is 1.15 bits per heavy atom. The second kappa shape index (κ2) is 5.67. The third-order valence-corrected chi connectivity index (χ3v) is 5.75. The van der Waals surface area contributed by atoms with Crippen LogP contribution in [-0.2, 0) is 6.42 Å². The van der Waals surface area contributed by atoms with E-state index < -0.39 is 0 Å². The monoisotopic (exact) mass is 363 g/mol. The van der Waals surface area contributed by atoms with Gasteiger partial charge in [-0.2, -0.15) is 0 Å². The number of amides is 1. The van der Waals surface area contributed by atoms with Crippen molar-refractivity contribution in [2.75, 3.05) is 32.7 Å². The van der Waals surface area contributed by atoms with Crippen LogP contribution < -0.4 is 14.4 Å². The molecule has 5 rings (SSSR count). The number of carbonyl (C=O) groups excluding carboxylic acids is 1. The molecule has 0 bridgehead atoms. The molecule has 1 amide bonds. The van der Waals surface area contributed by atoms with E-state index in [0.717, 1.165) is 29.1 Å². The van der Waals surface area contributed by atoms with Crippen molar-refractivity contribution in [3.8, 4) is 11.5 Å². The average molecular weight is 363 g/mol. The van der Waals surface area contributed by atoms with Crippen molar-refractivity contribution in [2.24, 2.45) is 0 Å².